The minimum absolute atomic E-state index is 0.105. The minimum atomic E-state index is -0.643. The zero-order valence-corrected chi connectivity index (χ0v) is 22.0. The number of carbonyl (C=O) groups excluding carboxylic acids is 2. The summed E-state index contributed by atoms with van der Waals surface area (Å²) in [6.07, 6.45) is 0.547. The summed E-state index contributed by atoms with van der Waals surface area (Å²) in [6, 6.07) is 22.0. The second-order valence-electron chi connectivity index (χ2n) is 8.12. The number of para-hydroxylation sites is 1. The van der Waals surface area contributed by atoms with Crippen LogP contribution in [0.1, 0.15) is 30.5 Å². The smallest absolute Gasteiger partial charge is 0.407 e. The van der Waals surface area contributed by atoms with E-state index in [1.54, 1.807) is 43.3 Å². The number of amides is 2. The molecule has 204 valence electrons. The van der Waals surface area contributed by atoms with Crippen molar-refractivity contribution in [1.82, 2.24) is 30.9 Å². The average molecular weight is 561 g/mol. The van der Waals surface area contributed by atoms with Gasteiger partial charge in [-0.1, -0.05) is 54.6 Å². The number of benzene rings is 3. The van der Waals surface area contributed by atoms with Crippen LogP contribution in [0.4, 0.5) is 10.5 Å². The van der Waals surface area contributed by atoms with E-state index < -0.39 is 23.0 Å². The van der Waals surface area contributed by atoms with Gasteiger partial charge in [0.15, 0.2) is 0 Å². The molecule has 0 unspecified atom stereocenters. The van der Waals surface area contributed by atoms with E-state index in [0.717, 1.165) is 17.3 Å². The van der Waals surface area contributed by atoms with E-state index in [0.29, 0.717) is 21.3 Å². The Labute approximate surface area is 232 Å². The van der Waals surface area contributed by atoms with E-state index in [-0.39, 0.29) is 18.7 Å². The van der Waals surface area contributed by atoms with Gasteiger partial charge in [-0.05, 0) is 52.9 Å². The molecular formula is C26H24N8O5S. The highest BCUT2D eigenvalue weighted by molar-refractivity contribution is 7.99. The molecule has 0 aliphatic carbocycles. The van der Waals surface area contributed by atoms with E-state index >= 15 is 0 Å². The van der Waals surface area contributed by atoms with Crippen LogP contribution in [0.5, 0.6) is 0 Å². The van der Waals surface area contributed by atoms with Crippen LogP contribution in [0.3, 0.4) is 0 Å². The van der Waals surface area contributed by atoms with Crippen LogP contribution in [0, 0.1) is 10.1 Å². The number of tetrazole rings is 1. The molecule has 40 heavy (non-hydrogen) atoms. The summed E-state index contributed by atoms with van der Waals surface area (Å²) in [5.41, 5.74) is 4.04. The monoisotopic (exact) mass is 560 g/mol. The summed E-state index contributed by atoms with van der Waals surface area (Å²) in [7, 11) is 0. The Kier molecular flexibility index (Phi) is 9.50. The number of nitrogens with zero attached hydrogens (tertiary/aromatic N) is 6. The molecule has 13 nitrogen and oxygen atoms in total. The number of nitro benzene ring substituents is 1. The first-order chi connectivity index (χ1) is 19.4. The maximum Gasteiger partial charge on any atom is 0.407 e. The first-order valence-corrected chi connectivity index (χ1v) is 12.9. The Morgan fingerprint density at radius 1 is 1.12 bits per heavy atom. The molecule has 4 aromatic rings. The molecule has 0 spiro atoms. The maximum absolute atomic E-state index is 12.6. The van der Waals surface area contributed by atoms with Gasteiger partial charge >= 0.3 is 6.09 Å². The SMILES string of the molecule is CCOC(=O)N[C@H](CC(=O)N/N=C\c1ccc(Sc2nnnn2-c2ccccc2)c([N+](=O)[O-])c1)c1ccccc1. The van der Waals surface area contributed by atoms with E-state index in [2.05, 4.69) is 31.4 Å². The third-order valence-electron chi connectivity index (χ3n) is 5.38. The Hall–Kier alpha value is -5.11. The van der Waals surface area contributed by atoms with Crippen LogP contribution >= 0.6 is 11.8 Å². The number of nitrogens with one attached hydrogen (secondary N) is 2. The van der Waals surface area contributed by atoms with Gasteiger partial charge in [-0.15, -0.1) is 5.10 Å². The molecule has 0 saturated carbocycles. The van der Waals surface area contributed by atoms with Crippen LogP contribution in [0.2, 0.25) is 0 Å². The highest BCUT2D eigenvalue weighted by atomic mass is 32.2. The molecule has 14 heteroatoms. The Morgan fingerprint density at radius 3 is 2.55 bits per heavy atom. The quantitative estimate of drug-likeness (QED) is 0.156. The van der Waals surface area contributed by atoms with Crippen LogP contribution in [-0.4, -0.2) is 50.0 Å². The second-order valence-corrected chi connectivity index (χ2v) is 9.13. The van der Waals surface area contributed by atoms with Gasteiger partial charge in [-0.3, -0.25) is 14.9 Å². The molecule has 2 amide bonds. The highest BCUT2D eigenvalue weighted by Crippen LogP contribution is 2.34. The standard InChI is InChI=1S/C26H24N8O5S/c1-2-39-26(36)28-21(19-9-5-3-6-10-19)16-24(35)29-27-17-18-13-14-23(22(15-18)34(37)38)40-25-30-31-32-33(25)20-11-7-4-8-12-20/h3-15,17,21H,2,16H2,1H3,(H,28,36)(H,29,35)/b27-17-/t21-/m1/s1. The fourth-order valence-corrected chi connectivity index (χ4v) is 4.45. The highest BCUT2D eigenvalue weighted by Gasteiger charge is 2.20. The van der Waals surface area contributed by atoms with Crippen molar-refractivity contribution < 1.29 is 19.2 Å². The molecule has 0 fully saturated rings. The van der Waals surface area contributed by atoms with Crippen LogP contribution in [-0.2, 0) is 9.53 Å². The number of hydrazone groups is 1. The molecule has 2 N–H and O–H groups in total. The number of alkyl carbamates (subject to hydrolysis) is 1. The van der Waals surface area contributed by atoms with Gasteiger partial charge in [-0.2, -0.15) is 9.78 Å². The van der Waals surface area contributed by atoms with Gasteiger partial charge in [0.2, 0.25) is 11.1 Å². The molecule has 0 saturated heterocycles. The van der Waals surface area contributed by atoms with E-state index in [1.165, 1.54) is 17.0 Å². The van der Waals surface area contributed by atoms with Crippen molar-refractivity contribution in [2.45, 2.75) is 29.4 Å². The fraction of sp³-hybridized carbons (Fsp3) is 0.154. The summed E-state index contributed by atoms with van der Waals surface area (Å²) in [5, 5.41) is 30.4. The fourth-order valence-electron chi connectivity index (χ4n) is 3.58. The number of hydrogen-bond donors (Lipinski definition) is 2. The molecule has 1 heterocycles. The Morgan fingerprint density at radius 2 is 1.85 bits per heavy atom. The normalized spacial score (nSPS) is 11.6. The zero-order chi connectivity index (χ0) is 28.3. The lowest BCUT2D eigenvalue weighted by Gasteiger charge is -2.18. The molecule has 0 bridgehead atoms. The van der Waals surface area contributed by atoms with Gasteiger partial charge in [0.1, 0.15) is 0 Å². The number of rotatable bonds is 11. The molecule has 0 radical (unpaired) electrons. The predicted molar refractivity (Wildman–Crippen MR) is 146 cm³/mol. The average Bonchev–Trinajstić information content (AvgIpc) is 3.42. The minimum Gasteiger partial charge on any atom is -0.450 e. The number of nitro groups is 1. The van der Waals surface area contributed by atoms with E-state index in [4.69, 9.17) is 4.74 Å². The van der Waals surface area contributed by atoms with Crippen LogP contribution in [0.15, 0.2) is 94.0 Å². The molecule has 0 aliphatic heterocycles. The number of carbonyl (C=O) groups is 2. The molecule has 3 aromatic carbocycles. The predicted octanol–water partition coefficient (Wildman–Crippen LogP) is 4.05. The molecule has 4 rings (SSSR count). The summed E-state index contributed by atoms with van der Waals surface area (Å²) >= 11 is 1.05. The van der Waals surface area contributed by atoms with Gasteiger partial charge in [-0.25, -0.2) is 10.2 Å². The Balaban J connectivity index is 1.43. The van der Waals surface area contributed by atoms with Gasteiger partial charge in [0.05, 0.1) is 40.8 Å². The zero-order valence-electron chi connectivity index (χ0n) is 21.2. The first kappa shape index (κ1) is 27.9. The summed E-state index contributed by atoms with van der Waals surface area (Å²) in [5.74, 6) is -0.476. The van der Waals surface area contributed by atoms with Crippen molar-refractivity contribution in [1.29, 1.82) is 0 Å². The lowest BCUT2D eigenvalue weighted by atomic mass is 10.0. The van der Waals surface area contributed by atoms with Gasteiger partial charge in [0, 0.05) is 11.6 Å². The maximum atomic E-state index is 12.6. The molecular weight excluding hydrogens is 536 g/mol. The van der Waals surface area contributed by atoms with Crippen molar-refractivity contribution in [2.24, 2.45) is 5.10 Å². The lowest BCUT2D eigenvalue weighted by molar-refractivity contribution is -0.387. The second kappa shape index (κ2) is 13.6. The van der Waals surface area contributed by atoms with Crippen LogP contribution in [0.25, 0.3) is 5.69 Å². The van der Waals surface area contributed by atoms with Crippen molar-refractivity contribution in [3.8, 4) is 5.69 Å². The van der Waals surface area contributed by atoms with Crippen molar-refractivity contribution in [2.75, 3.05) is 6.61 Å². The number of hydrogen-bond acceptors (Lipinski definition) is 10. The van der Waals surface area contributed by atoms with Crippen molar-refractivity contribution in [3.05, 3.63) is 100 Å². The van der Waals surface area contributed by atoms with Crippen molar-refractivity contribution in [3.63, 3.8) is 0 Å². The summed E-state index contributed by atoms with van der Waals surface area (Å²) < 4.78 is 6.42. The topological polar surface area (TPSA) is 167 Å². The number of aromatic nitrogens is 4. The summed E-state index contributed by atoms with van der Waals surface area (Å²) in [4.78, 5) is 36.1. The van der Waals surface area contributed by atoms with Gasteiger partial charge < -0.3 is 10.1 Å². The largest absolute Gasteiger partial charge is 0.450 e. The van der Waals surface area contributed by atoms with Gasteiger partial charge in [0.25, 0.3) is 5.69 Å². The number of ether oxygens (including phenoxy) is 1. The Bertz CT molecular complexity index is 1500. The molecule has 1 aromatic heterocycles. The van der Waals surface area contributed by atoms with Crippen LogP contribution < -0.4 is 10.7 Å². The molecule has 1 atom stereocenters. The lowest BCUT2D eigenvalue weighted by Crippen LogP contribution is -2.33. The van der Waals surface area contributed by atoms with Crippen molar-refractivity contribution >= 4 is 35.7 Å². The first-order valence-electron chi connectivity index (χ1n) is 12.0. The summed E-state index contributed by atoms with van der Waals surface area (Å²) in [6.45, 7) is 1.87. The van der Waals surface area contributed by atoms with E-state index in [9.17, 15) is 19.7 Å². The third-order valence-corrected chi connectivity index (χ3v) is 6.39. The van der Waals surface area contributed by atoms with E-state index in [1.807, 2.05) is 36.4 Å². The molecule has 0 aliphatic rings. The third kappa shape index (κ3) is 7.48.